The van der Waals surface area contributed by atoms with Crippen LogP contribution in [0.5, 0.6) is 0 Å². The van der Waals surface area contributed by atoms with Gasteiger partial charge in [0.25, 0.3) is 0 Å². The van der Waals surface area contributed by atoms with E-state index in [2.05, 4.69) is 0 Å². The van der Waals surface area contributed by atoms with Gasteiger partial charge < -0.3 is 19.9 Å². The van der Waals surface area contributed by atoms with E-state index >= 15 is 0 Å². The molecule has 1 aromatic carbocycles. The molecule has 2 N–H and O–H groups in total. The molecule has 2 aromatic rings. The number of benzene rings is 1. The molecule has 24 heavy (non-hydrogen) atoms. The fourth-order valence-corrected chi connectivity index (χ4v) is 2.27. The van der Waals surface area contributed by atoms with Crippen molar-refractivity contribution in [2.75, 3.05) is 26.9 Å². The average molecular weight is 326 g/mol. The quantitative estimate of drug-likeness (QED) is 0.855. The molecule has 7 heteroatoms. The lowest BCUT2D eigenvalue weighted by atomic mass is 10.1. The Morgan fingerprint density at radius 2 is 2.08 bits per heavy atom. The smallest absolute Gasteiger partial charge is 0.357 e. The van der Waals surface area contributed by atoms with Crippen molar-refractivity contribution in [3.63, 3.8) is 0 Å². The standard InChI is InChI=1S/C17H18N4O3/c1-20(2)14(22)8-11-5-4-6-13(7-11)21-10-12(9-18)15(19)16(21)17(23)24-3/h4-7,10H,8,19H2,1-3H3. The molecule has 1 heterocycles. The van der Waals surface area contributed by atoms with Crippen LogP contribution in [0.1, 0.15) is 21.6 Å². The molecular weight excluding hydrogens is 308 g/mol. The first-order chi connectivity index (χ1) is 11.4. The van der Waals surface area contributed by atoms with E-state index in [9.17, 15) is 9.59 Å². The molecule has 0 aliphatic carbocycles. The highest BCUT2D eigenvalue weighted by molar-refractivity contribution is 5.96. The first-order valence-corrected chi connectivity index (χ1v) is 7.17. The summed E-state index contributed by atoms with van der Waals surface area (Å²) in [6.07, 6.45) is 1.71. The van der Waals surface area contributed by atoms with Gasteiger partial charge in [0, 0.05) is 26.0 Å². The Hall–Kier alpha value is -3.27. The summed E-state index contributed by atoms with van der Waals surface area (Å²) >= 11 is 0. The number of methoxy groups -OCH3 is 1. The number of aromatic nitrogens is 1. The molecule has 0 bridgehead atoms. The topological polar surface area (TPSA) is 101 Å². The molecular formula is C17H18N4O3. The van der Waals surface area contributed by atoms with Gasteiger partial charge in [0.05, 0.1) is 24.8 Å². The molecule has 0 radical (unpaired) electrons. The van der Waals surface area contributed by atoms with Crippen molar-refractivity contribution in [1.29, 1.82) is 5.26 Å². The van der Waals surface area contributed by atoms with Gasteiger partial charge in [-0.3, -0.25) is 4.79 Å². The van der Waals surface area contributed by atoms with Crippen molar-refractivity contribution < 1.29 is 14.3 Å². The van der Waals surface area contributed by atoms with E-state index in [4.69, 9.17) is 15.7 Å². The molecule has 7 nitrogen and oxygen atoms in total. The Morgan fingerprint density at radius 3 is 2.67 bits per heavy atom. The van der Waals surface area contributed by atoms with Crippen LogP contribution in [0.3, 0.4) is 0 Å². The number of nitrogen functional groups attached to an aromatic ring is 1. The predicted molar refractivity (Wildman–Crippen MR) is 88.6 cm³/mol. The van der Waals surface area contributed by atoms with E-state index in [-0.39, 0.29) is 29.3 Å². The SMILES string of the molecule is COC(=O)c1c(N)c(C#N)cn1-c1cccc(CC(=O)N(C)C)c1. The Kier molecular flexibility index (Phi) is 4.90. The first kappa shape index (κ1) is 17.1. The lowest BCUT2D eigenvalue weighted by Gasteiger charge is -2.12. The maximum absolute atomic E-state index is 12.0. The fourth-order valence-electron chi connectivity index (χ4n) is 2.27. The van der Waals surface area contributed by atoms with Crippen LogP contribution in [-0.4, -0.2) is 42.5 Å². The van der Waals surface area contributed by atoms with Gasteiger partial charge in [-0.05, 0) is 17.7 Å². The third-order valence-corrected chi connectivity index (χ3v) is 3.59. The average Bonchev–Trinajstić information content (AvgIpc) is 2.91. The van der Waals surface area contributed by atoms with Gasteiger partial charge in [0.1, 0.15) is 6.07 Å². The Morgan fingerprint density at radius 1 is 1.38 bits per heavy atom. The number of likely N-dealkylation sites (N-methyl/N-ethyl adjacent to an activating group) is 1. The normalized spacial score (nSPS) is 10.1. The van der Waals surface area contributed by atoms with E-state index in [0.717, 1.165) is 5.56 Å². The van der Waals surface area contributed by atoms with Gasteiger partial charge in [-0.25, -0.2) is 4.79 Å². The number of nitriles is 1. The van der Waals surface area contributed by atoms with Crippen LogP contribution in [0, 0.1) is 11.3 Å². The molecule has 124 valence electrons. The van der Waals surface area contributed by atoms with Crippen molar-refractivity contribution in [2.24, 2.45) is 0 Å². The van der Waals surface area contributed by atoms with Gasteiger partial charge >= 0.3 is 5.97 Å². The number of nitrogens with zero attached hydrogens (tertiary/aromatic N) is 3. The Bertz CT molecular complexity index is 831. The van der Waals surface area contributed by atoms with Gasteiger partial charge in [0.15, 0.2) is 5.69 Å². The summed E-state index contributed by atoms with van der Waals surface area (Å²) in [5.74, 6) is -0.672. The molecule has 2 rings (SSSR count). The summed E-state index contributed by atoms with van der Waals surface area (Å²) in [6, 6.07) is 9.08. The van der Waals surface area contributed by atoms with E-state index < -0.39 is 5.97 Å². The van der Waals surface area contributed by atoms with Crippen LogP contribution >= 0.6 is 0 Å². The molecule has 0 fully saturated rings. The maximum atomic E-state index is 12.0. The minimum atomic E-state index is -0.635. The molecule has 0 aliphatic heterocycles. The lowest BCUT2D eigenvalue weighted by Crippen LogP contribution is -2.23. The number of carbonyl (C=O) groups excluding carboxylic acids is 2. The number of hydrogen-bond donors (Lipinski definition) is 1. The number of rotatable bonds is 4. The second kappa shape index (κ2) is 6.87. The fraction of sp³-hybridized carbons (Fsp3) is 0.235. The molecule has 1 aromatic heterocycles. The minimum Gasteiger partial charge on any atom is -0.464 e. The van der Waals surface area contributed by atoms with Gasteiger partial charge in [0.2, 0.25) is 5.91 Å². The lowest BCUT2D eigenvalue weighted by molar-refractivity contribution is -0.127. The van der Waals surface area contributed by atoms with Crippen LogP contribution in [0.25, 0.3) is 5.69 Å². The number of hydrogen-bond acceptors (Lipinski definition) is 5. The molecule has 0 aliphatic rings. The summed E-state index contributed by atoms with van der Waals surface area (Å²) in [6.45, 7) is 0. The van der Waals surface area contributed by atoms with E-state index in [1.165, 1.54) is 22.8 Å². The van der Waals surface area contributed by atoms with Gasteiger partial charge in [-0.1, -0.05) is 12.1 Å². The number of carbonyl (C=O) groups is 2. The van der Waals surface area contributed by atoms with Crippen LogP contribution < -0.4 is 5.73 Å². The number of anilines is 1. The first-order valence-electron chi connectivity index (χ1n) is 7.17. The molecule has 0 spiro atoms. The van der Waals surface area contributed by atoms with Crippen molar-refractivity contribution in [1.82, 2.24) is 9.47 Å². The largest absolute Gasteiger partial charge is 0.464 e. The minimum absolute atomic E-state index is 0.0370. The monoisotopic (exact) mass is 326 g/mol. The van der Waals surface area contributed by atoms with E-state index in [1.807, 2.05) is 12.1 Å². The Labute approximate surface area is 139 Å². The summed E-state index contributed by atoms with van der Waals surface area (Å²) in [5, 5.41) is 9.15. The maximum Gasteiger partial charge on any atom is 0.357 e. The molecule has 0 unspecified atom stereocenters. The van der Waals surface area contributed by atoms with Crippen LogP contribution in [0.2, 0.25) is 0 Å². The summed E-state index contributed by atoms with van der Waals surface area (Å²) in [7, 11) is 4.62. The number of nitrogens with two attached hydrogens (primary N) is 1. The van der Waals surface area contributed by atoms with Crippen molar-refractivity contribution >= 4 is 17.6 Å². The third-order valence-electron chi connectivity index (χ3n) is 3.59. The zero-order chi connectivity index (χ0) is 17.9. The van der Waals surface area contributed by atoms with Crippen LogP contribution in [0.15, 0.2) is 30.5 Å². The van der Waals surface area contributed by atoms with Crippen molar-refractivity contribution in [2.45, 2.75) is 6.42 Å². The van der Waals surface area contributed by atoms with Crippen LogP contribution in [0.4, 0.5) is 5.69 Å². The zero-order valence-electron chi connectivity index (χ0n) is 13.7. The number of esters is 1. The zero-order valence-corrected chi connectivity index (χ0v) is 13.7. The molecule has 1 amide bonds. The summed E-state index contributed by atoms with van der Waals surface area (Å²) < 4.78 is 6.26. The van der Waals surface area contributed by atoms with Gasteiger partial charge in [-0.2, -0.15) is 5.26 Å². The highest BCUT2D eigenvalue weighted by Gasteiger charge is 2.21. The number of ether oxygens (including phenoxy) is 1. The highest BCUT2D eigenvalue weighted by Crippen LogP contribution is 2.25. The van der Waals surface area contributed by atoms with E-state index in [1.54, 1.807) is 32.3 Å². The van der Waals surface area contributed by atoms with E-state index in [0.29, 0.717) is 5.69 Å². The van der Waals surface area contributed by atoms with Crippen molar-refractivity contribution in [3.05, 3.63) is 47.3 Å². The van der Waals surface area contributed by atoms with Gasteiger partial charge in [-0.15, -0.1) is 0 Å². The second-order valence-electron chi connectivity index (χ2n) is 5.41. The molecule has 0 saturated heterocycles. The summed E-state index contributed by atoms with van der Waals surface area (Å²) in [5.41, 5.74) is 7.63. The predicted octanol–water partition coefficient (Wildman–Crippen LogP) is 1.35. The second-order valence-corrected chi connectivity index (χ2v) is 5.41. The molecule has 0 atom stereocenters. The third kappa shape index (κ3) is 3.22. The summed E-state index contributed by atoms with van der Waals surface area (Å²) in [4.78, 5) is 25.4. The Balaban J connectivity index is 2.51. The molecule has 0 saturated carbocycles. The highest BCUT2D eigenvalue weighted by atomic mass is 16.5. The number of amides is 1. The van der Waals surface area contributed by atoms with Crippen molar-refractivity contribution in [3.8, 4) is 11.8 Å². The van der Waals surface area contributed by atoms with Crippen LogP contribution in [-0.2, 0) is 16.0 Å².